The second-order valence-corrected chi connectivity index (χ2v) is 13.9. The molecule has 0 heteroatoms. The van der Waals surface area contributed by atoms with E-state index in [4.69, 9.17) is 9.60 Å². The molecule has 0 fully saturated rings. The van der Waals surface area contributed by atoms with Crippen molar-refractivity contribution in [1.82, 2.24) is 0 Å². The lowest BCUT2D eigenvalue weighted by molar-refractivity contribution is 1.57. The molecule has 0 aliphatic rings. The van der Waals surface area contributed by atoms with Crippen LogP contribution >= 0.6 is 0 Å². The lowest BCUT2D eigenvalue weighted by Gasteiger charge is -2.22. The zero-order chi connectivity index (χ0) is 45.8. The molecule has 54 heavy (non-hydrogen) atoms. The molecular formula is C54H32. The van der Waals surface area contributed by atoms with Gasteiger partial charge in [0.2, 0.25) is 0 Å². The SMILES string of the molecule is [2H]c1c([2H])c([2H])c(-c2c(-c3c([2H])c([2H])c4c([2H])c([2H])c([2H])c([2H])c4c3[2H])cc(-c3ccc4ccc5cccc6ccc3c4c56)cc2-c2ccc3ccc4cccc5ccc2c3c45)c([2H])c1[2H]. The molecule has 0 amide bonds. The highest BCUT2D eigenvalue weighted by atomic mass is 14.2. The van der Waals surface area contributed by atoms with Gasteiger partial charge in [-0.1, -0.05) is 176 Å². The molecule has 0 radical (unpaired) electrons. The largest absolute Gasteiger partial charge is 0.0636 e. The fourth-order valence-electron chi connectivity index (χ4n) is 8.72. The molecule has 0 spiro atoms. The highest BCUT2D eigenvalue weighted by Gasteiger charge is 2.22. The van der Waals surface area contributed by atoms with Gasteiger partial charge in [-0.05, 0) is 138 Å². The Balaban J connectivity index is 1.33. The van der Waals surface area contributed by atoms with Crippen LogP contribution in [-0.4, -0.2) is 0 Å². The molecule has 12 aromatic carbocycles. The number of rotatable bonds is 4. The van der Waals surface area contributed by atoms with Crippen molar-refractivity contribution in [3.05, 3.63) is 194 Å². The molecule has 12 aromatic rings. The van der Waals surface area contributed by atoms with Gasteiger partial charge in [-0.3, -0.25) is 0 Å². The lowest BCUT2D eigenvalue weighted by Crippen LogP contribution is -1.95. The molecule has 12 rings (SSSR count). The first-order valence-electron chi connectivity index (χ1n) is 23.9. The normalized spacial score (nSPS) is 15.2. The van der Waals surface area contributed by atoms with Crippen molar-refractivity contribution in [2.45, 2.75) is 0 Å². The van der Waals surface area contributed by atoms with Crippen molar-refractivity contribution in [2.24, 2.45) is 0 Å². The van der Waals surface area contributed by atoms with Gasteiger partial charge in [-0.25, -0.2) is 0 Å². The second-order valence-electron chi connectivity index (χ2n) is 13.9. The predicted octanol–water partition coefficient (Wildman–Crippen LogP) is 15.3. The minimum atomic E-state index is -0.605. The molecule has 0 nitrogen and oxygen atoms in total. The summed E-state index contributed by atoms with van der Waals surface area (Å²) in [5, 5.41) is 11.5. The van der Waals surface area contributed by atoms with Gasteiger partial charge in [0.1, 0.15) is 0 Å². The van der Waals surface area contributed by atoms with Gasteiger partial charge in [0.25, 0.3) is 0 Å². The monoisotopic (exact) mass is 692 g/mol. The molecular weight excluding hydrogens is 649 g/mol. The van der Waals surface area contributed by atoms with E-state index < -0.39 is 72.5 Å². The summed E-state index contributed by atoms with van der Waals surface area (Å²) in [6, 6.07) is 33.9. The summed E-state index contributed by atoms with van der Waals surface area (Å²) in [6.07, 6.45) is 0. The topological polar surface area (TPSA) is 0 Å². The van der Waals surface area contributed by atoms with Crippen molar-refractivity contribution in [1.29, 1.82) is 0 Å². The first-order chi connectivity index (χ1) is 31.8. The van der Waals surface area contributed by atoms with Gasteiger partial charge >= 0.3 is 0 Å². The first kappa shape index (κ1) is 20.3. The first-order valence-corrected chi connectivity index (χ1v) is 17.9. The highest BCUT2D eigenvalue weighted by molar-refractivity contribution is 6.27. The van der Waals surface area contributed by atoms with E-state index in [-0.39, 0.29) is 33.0 Å². The predicted molar refractivity (Wildman–Crippen MR) is 233 cm³/mol. The molecule has 0 saturated heterocycles. The summed E-state index contributed by atoms with van der Waals surface area (Å²) in [5.41, 5.74) is 2.32. The lowest BCUT2D eigenvalue weighted by atomic mass is 9.81. The van der Waals surface area contributed by atoms with Gasteiger partial charge in [-0.2, -0.15) is 0 Å². The van der Waals surface area contributed by atoms with Crippen LogP contribution in [0.25, 0.3) is 120 Å². The van der Waals surface area contributed by atoms with Crippen molar-refractivity contribution < 1.29 is 16.4 Å². The van der Waals surface area contributed by atoms with Crippen molar-refractivity contribution in [2.75, 3.05) is 0 Å². The smallest absolute Gasteiger partial charge is 0.0622 e. The molecule has 0 bridgehead atoms. The van der Waals surface area contributed by atoms with E-state index >= 15 is 0 Å². The maximum absolute atomic E-state index is 9.85. The molecule has 0 saturated carbocycles. The van der Waals surface area contributed by atoms with Crippen molar-refractivity contribution >= 4 is 75.4 Å². The van der Waals surface area contributed by atoms with Crippen LogP contribution in [0.15, 0.2) is 194 Å². The number of fused-ring (bicyclic) bond motifs is 1. The Bertz CT molecular complexity index is 4080. The third-order valence-corrected chi connectivity index (χ3v) is 11.1. The molecule has 0 heterocycles. The Labute approximate surface area is 329 Å². The highest BCUT2D eigenvalue weighted by Crippen LogP contribution is 2.49. The third kappa shape index (κ3) is 4.26. The van der Waals surface area contributed by atoms with Crippen LogP contribution < -0.4 is 0 Å². The van der Waals surface area contributed by atoms with Crippen LogP contribution in [-0.2, 0) is 0 Å². The Hall–Kier alpha value is -7.02. The maximum atomic E-state index is 9.85. The van der Waals surface area contributed by atoms with Crippen molar-refractivity contribution in [3.63, 3.8) is 0 Å². The summed E-state index contributed by atoms with van der Waals surface area (Å²) in [7, 11) is 0. The summed E-state index contributed by atoms with van der Waals surface area (Å²) in [4.78, 5) is 0. The number of benzene rings is 12. The fraction of sp³-hybridized carbons (Fsp3) is 0. The van der Waals surface area contributed by atoms with Crippen LogP contribution in [0.3, 0.4) is 0 Å². The average molecular weight is 693 g/mol. The van der Waals surface area contributed by atoms with E-state index in [1.807, 2.05) is 54.6 Å². The van der Waals surface area contributed by atoms with Crippen LogP contribution in [0.4, 0.5) is 0 Å². The van der Waals surface area contributed by atoms with E-state index in [0.29, 0.717) is 16.7 Å². The van der Waals surface area contributed by atoms with Gasteiger partial charge in [0, 0.05) is 0 Å². The second kappa shape index (κ2) is 11.2. The van der Waals surface area contributed by atoms with Crippen LogP contribution in [0.1, 0.15) is 16.4 Å². The zero-order valence-electron chi connectivity index (χ0n) is 40.5. The quantitative estimate of drug-likeness (QED) is 0.161. The molecule has 248 valence electrons. The molecule has 0 aliphatic heterocycles. The molecule has 0 N–H and O–H groups in total. The van der Waals surface area contributed by atoms with Crippen molar-refractivity contribution in [3.8, 4) is 44.5 Å². The van der Waals surface area contributed by atoms with Gasteiger partial charge in [0.15, 0.2) is 0 Å². The molecule has 0 unspecified atom stereocenters. The maximum Gasteiger partial charge on any atom is 0.0636 e. The zero-order valence-corrected chi connectivity index (χ0v) is 28.5. The van der Waals surface area contributed by atoms with Crippen LogP contribution in [0.5, 0.6) is 0 Å². The fourth-order valence-corrected chi connectivity index (χ4v) is 8.72. The minimum Gasteiger partial charge on any atom is -0.0622 e. The van der Waals surface area contributed by atoms with E-state index in [0.717, 1.165) is 70.2 Å². The Kier molecular flexibility index (Phi) is 4.22. The summed E-state index contributed by atoms with van der Waals surface area (Å²) >= 11 is 0. The standard InChI is InChI=1S/C54H32/c1-2-9-34(10-3-1)52-48(42-21-16-33-8-4-5-11-41(33)30-42)31-43(44-26-22-39-19-17-35-12-6-14-37-24-28-46(44)53(39)50(35)37)32-49(52)45-27-23-40-20-18-36-13-7-15-38-25-29-47(45)54(40)51(36)38/h1-32H/i1D,2D,3D,4D,5D,8D,9D,10D,11D,16D,21D,30D. The Morgan fingerprint density at radius 3 is 1.44 bits per heavy atom. The van der Waals surface area contributed by atoms with Crippen LogP contribution in [0.2, 0.25) is 0 Å². The Morgan fingerprint density at radius 1 is 0.296 bits per heavy atom. The third-order valence-electron chi connectivity index (χ3n) is 11.1. The minimum absolute atomic E-state index is 0.0928. The van der Waals surface area contributed by atoms with E-state index in [1.54, 1.807) is 6.07 Å². The molecule has 0 aromatic heterocycles. The van der Waals surface area contributed by atoms with Crippen LogP contribution in [0, 0.1) is 0 Å². The average Bonchev–Trinajstić information content (AvgIpc) is 3.33. The van der Waals surface area contributed by atoms with Gasteiger partial charge in [0.05, 0.1) is 16.4 Å². The molecule has 0 atom stereocenters. The van der Waals surface area contributed by atoms with E-state index in [9.17, 15) is 6.85 Å². The Morgan fingerprint density at radius 2 is 0.796 bits per heavy atom. The summed E-state index contributed by atoms with van der Waals surface area (Å²) < 4.78 is 109. The summed E-state index contributed by atoms with van der Waals surface area (Å²) in [5.74, 6) is 0. The number of hydrogen-bond acceptors (Lipinski definition) is 0. The van der Waals surface area contributed by atoms with Gasteiger partial charge in [-0.15, -0.1) is 0 Å². The number of hydrogen-bond donors (Lipinski definition) is 0. The van der Waals surface area contributed by atoms with E-state index in [1.165, 1.54) is 0 Å². The van der Waals surface area contributed by atoms with Gasteiger partial charge < -0.3 is 0 Å². The molecule has 0 aliphatic carbocycles. The van der Waals surface area contributed by atoms with E-state index in [2.05, 4.69) is 60.7 Å². The summed E-state index contributed by atoms with van der Waals surface area (Å²) in [6.45, 7) is 0.